The van der Waals surface area contributed by atoms with Gasteiger partial charge >= 0.3 is 5.97 Å². The summed E-state index contributed by atoms with van der Waals surface area (Å²) < 4.78 is 51.1. The molecule has 0 N–H and O–H groups in total. The van der Waals surface area contributed by atoms with E-state index in [4.69, 9.17) is 49.5 Å². The third-order valence-electron chi connectivity index (χ3n) is 8.59. The molecule has 0 radical (unpaired) electrons. The first kappa shape index (κ1) is 29.1. The minimum Gasteiger partial charge on any atom is -0.497 e. The normalized spacial score (nSPS) is 40.5. The predicted octanol–water partition coefficient (Wildman–Crippen LogP) is 4.97. The van der Waals surface area contributed by atoms with Crippen LogP contribution >= 0.6 is 34.2 Å². The number of benzene rings is 1. The van der Waals surface area contributed by atoms with Crippen molar-refractivity contribution in [3.63, 3.8) is 0 Å². The number of fused-ring (bicyclic) bond motifs is 10. The van der Waals surface area contributed by atoms with Crippen molar-refractivity contribution in [1.82, 2.24) is 0 Å². The molecule has 5 fully saturated rings. The fourth-order valence-electron chi connectivity index (χ4n) is 6.70. The lowest BCUT2D eigenvalue weighted by molar-refractivity contribution is -0.305. The van der Waals surface area contributed by atoms with Crippen LogP contribution in [-0.4, -0.2) is 80.2 Å². The summed E-state index contributed by atoms with van der Waals surface area (Å²) in [6.45, 7) is 4.00. The predicted molar refractivity (Wildman–Crippen MR) is 152 cm³/mol. The number of carbonyl (C=O) groups excluding carboxylic acids is 1. The number of allylic oxidation sites excluding steroid dienone is 1. The molecule has 0 aliphatic carbocycles. The molecule has 6 rings (SSSR count). The maximum atomic E-state index is 12.0. The van der Waals surface area contributed by atoms with Crippen LogP contribution in [0.15, 0.2) is 34.4 Å². The van der Waals surface area contributed by atoms with Crippen molar-refractivity contribution in [2.24, 2.45) is 0 Å². The monoisotopic (exact) mass is 690 g/mol. The first-order valence-corrected chi connectivity index (χ1v) is 15.5. The van der Waals surface area contributed by atoms with Gasteiger partial charge in [-0.1, -0.05) is 18.7 Å². The molecule has 0 amide bonds. The standard InChI is InChI=1S/C29H36ClIO9/c1-15(31)12-17(30)10-11-29-27-26(37-28(38-27)16-4-6-18(33-2)7-5-16)25(40-29)21-14-22(39-29)24-20(36-21)9-8-19(35-24)13-23(32)34-3/h4-7,17,19-22,24-28H,1,8-14H2,2-3H3/t17?,19?,20?,21?,22?,24?,25?,26?,27?,28-,29-/m1/s1. The van der Waals surface area contributed by atoms with E-state index < -0.39 is 18.2 Å². The Hall–Kier alpha value is -0.990. The third kappa shape index (κ3) is 5.67. The van der Waals surface area contributed by atoms with Crippen LogP contribution in [0.3, 0.4) is 0 Å². The lowest BCUT2D eigenvalue weighted by Crippen LogP contribution is -2.60. The van der Waals surface area contributed by atoms with E-state index in [-0.39, 0.29) is 60.5 Å². The van der Waals surface area contributed by atoms with E-state index in [1.807, 2.05) is 24.3 Å². The van der Waals surface area contributed by atoms with Gasteiger partial charge < -0.3 is 37.9 Å². The second-order valence-electron chi connectivity index (χ2n) is 11.2. The van der Waals surface area contributed by atoms with E-state index in [1.54, 1.807) is 7.11 Å². The van der Waals surface area contributed by atoms with Crippen LogP contribution < -0.4 is 4.74 Å². The number of hydrogen-bond acceptors (Lipinski definition) is 9. The molecule has 11 heteroatoms. The van der Waals surface area contributed by atoms with E-state index >= 15 is 0 Å². The summed E-state index contributed by atoms with van der Waals surface area (Å²) in [5, 5.41) is -0.120. The van der Waals surface area contributed by atoms with Gasteiger partial charge in [0, 0.05) is 23.8 Å². The largest absolute Gasteiger partial charge is 0.497 e. The van der Waals surface area contributed by atoms with Gasteiger partial charge in [-0.3, -0.25) is 4.79 Å². The van der Waals surface area contributed by atoms with Gasteiger partial charge in [-0.15, -0.1) is 11.6 Å². The zero-order valence-electron chi connectivity index (χ0n) is 22.7. The van der Waals surface area contributed by atoms with Crippen LogP contribution in [0.4, 0.5) is 0 Å². The Kier molecular flexibility index (Phi) is 8.69. The van der Waals surface area contributed by atoms with Gasteiger partial charge in [-0.2, -0.15) is 0 Å². The Morgan fingerprint density at radius 3 is 2.58 bits per heavy atom. The minimum absolute atomic E-state index is 0.120. The highest BCUT2D eigenvalue weighted by atomic mass is 127. The number of hydrogen-bond donors (Lipinski definition) is 0. The second-order valence-corrected chi connectivity index (χ2v) is 13.3. The number of methoxy groups -OCH3 is 2. The van der Waals surface area contributed by atoms with E-state index in [0.29, 0.717) is 32.1 Å². The number of esters is 1. The molecule has 11 atom stereocenters. The smallest absolute Gasteiger partial charge is 0.308 e. The van der Waals surface area contributed by atoms with Gasteiger partial charge in [-0.05, 0) is 64.0 Å². The molecule has 0 saturated carbocycles. The van der Waals surface area contributed by atoms with Crippen molar-refractivity contribution in [2.75, 3.05) is 14.2 Å². The Balaban J connectivity index is 1.26. The zero-order chi connectivity index (χ0) is 28.0. The third-order valence-corrected chi connectivity index (χ3v) is 9.40. The topological polar surface area (TPSA) is 90.9 Å². The molecule has 5 aliphatic heterocycles. The molecule has 9 unspecified atom stereocenters. The lowest BCUT2D eigenvalue weighted by Gasteiger charge is -2.47. The molecular weight excluding hydrogens is 655 g/mol. The van der Waals surface area contributed by atoms with Gasteiger partial charge in [0.05, 0.1) is 45.1 Å². The maximum absolute atomic E-state index is 12.0. The number of halogens is 2. The highest BCUT2D eigenvalue weighted by molar-refractivity contribution is 14.1. The first-order chi connectivity index (χ1) is 19.3. The van der Waals surface area contributed by atoms with Crippen LogP contribution in [0.25, 0.3) is 0 Å². The Morgan fingerprint density at radius 2 is 1.85 bits per heavy atom. The van der Waals surface area contributed by atoms with Gasteiger partial charge in [0.2, 0.25) is 0 Å². The first-order valence-electron chi connectivity index (χ1n) is 13.9. The van der Waals surface area contributed by atoms with Crippen LogP contribution in [0.1, 0.15) is 56.8 Å². The molecule has 5 aliphatic rings. The molecule has 220 valence electrons. The lowest BCUT2D eigenvalue weighted by atomic mass is 9.86. The summed E-state index contributed by atoms with van der Waals surface area (Å²) in [6, 6.07) is 7.68. The average molecular weight is 691 g/mol. The molecule has 0 spiro atoms. The van der Waals surface area contributed by atoms with Crippen LogP contribution in [0.2, 0.25) is 0 Å². The summed E-state index contributed by atoms with van der Waals surface area (Å²) in [6.07, 6.45) is 1.15. The fourth-order valence-corrected chi connectivity index (χ4v) is 7.78. The van der Waals surface area contributed by atoms with Crippen molar-refractivity contribution in [3.8, 4) is 5.75 Å². The number of alkyl halides is 1. The SMILES string of the molecule is C=C(I)CC(Cl)CC[C@@]12OC3CC(OC4CCC(CC(=O)OC)OC43)C(O1)C1O[C@@H](c3ccc(OC)cc3)OC12. The average Bonchev–Trinajstić information content (AvgIpc) is 3.47. The van der Waals surface area contributed by atoms with Gasteiger partial charge in [0.25, 0.3) is 0 Å². The fraction of sp³-hybridized carbons (Fsp3) is 0.690. The van der Waals surface area contributed by atoms with Crippen molar-refractivity contribution in [3.05, 3.63) is 40.0 Å². The molecule has 5 saturated heterocycles. The van der Waals surface area contributed by atoms with Gasteiger partial charge in [0.15, 0.2) is 12.1 Å². The highest BCUT2D eigenvalue weighted by Gasteiger charge is 2.68. The van der Waals surface area contributed by atoms with Crippen molar-refractivity contribution >= 4 is 40.2 Å². The quantitative estimate of drug-likeness (QED) is 0.203. The van der Waals surface area contributed by atoms with E-state index in [2.05, 4.69) is 29.2 Å². The second kappa shape index (κ2) is 11.9. The van der Waals surface area contributed by atoms with Crippen LogP contribution in [0, 0.1) is 0 Å². The molecule has 1 aromatic rings. The van der Waals surface area contributed by atoms with E-state index in [9.17, 15) is 4.79 Å². The highest BCUT2D eigenvalue weighted by Crippen LogP contribution is 2.54. The van der Waals surface area contributed by atoms with Gasteiger partial charge in [0.1, 0.15) is 30.2 Å². The summed E-state index contributed by atoms with van der Waals surface area (Å²) in [4.78, 5) is 12.0. The van der Waals surface area contributed by atoms with Crippen molar-refractivity contribution < 1.29 is 42.7 Å². The Bertz CT molecular complexity index is 1090. The van der Waals surface area contributed by atoms with Crippen molar-refractivity contribution in [2.45, 2.75) is 111 Å². The summed E-state index contributed by atoms with van der Waals surface area (Å²) in [5.74, 6) is -0.598. The minimum atomic E-state index is -1.08. The van der Waals surface area contributed by atoms with Crippen molar-refractivity contribution in [1.29, 1.82) is 0 Å². The maximum Gasteiger partial charge on any atom is 0.308 e. The van der Waals surface area contributed by atoms with Crippen LogP contribution in [0.5, 0.6) is 5.75 Å². The molecule has 5 heterocycles. The molecule has 9 nitrogen and oxygen atoms in total. The molecule has 0 aromatic heterocycles. The van der Waals surface area contributed by atoms with Crippen LogP contribution in [-0.2, 0) is 38.0 Å². The molecule has 1 aromatic carbocycles. The molecular formula is C29H36ClIO9. The number of carbonyl (C=O) groups is 1. The number of rotatable bonds is 9. The van der Waals surface area contributed by atoms with Gasteiger partial charge in [-0.25, -0.2) is 0 Å². The summed E-state index contributed by atoms with van der Waals surface area (Å²) >= 11 is 8.92. The summed E-state index contributed by atoms with van der Waals surface area (Å²) in [7, 11) is 3.03. The number of ether oxygens (including phenoxy) is 8. The summed E-state index contributed by atoms with van der Waals surface area (Å²) in [5.41, 5.74) is 0.894. The van der Waals surface area contributed by atoms with E-state index in [1.165, 1.54) is 7.11 Å². The molecule has 40 heavy (non-hydrogen) atoms. The Labute approximate surface area is 253 Å². The van der Waals surface area contributed by atoms with E-state index in [0.717, 1.165) is 21.3 Å². The zero-order valence-corrected chi connectivity index (χ0v) is 25.6. The Morgan fingerprint density at radius 1 is 1.05 bits per heavy atom. The molecule has 4 bridgehead atoms.